The molecule has 0 N–H and O–H groups in total. The van der Waals surface area contributed by atoms with E-state index in [4.69, 9.17) is 9.47 Å². The Balaban J connectivity index is 1.90. The number of ether oxygens (including phenoxy) is 2. The minimum atomic E-state index is -0.449. The smallest absolute Gasteiger partial charge is 0.163 e. The van der Waals surface area contributed by atoms with Gasteiger partial charge in [-0.25, -0.2) is 0 Å². The summed E-state index contributed by atoms with van der Waals surface area (Å²) in [5.74, 6) is 0.185. The van der Waals surface area contributed by atoms with Crippen LogP contribution in [0.1, 0.15) is 96.6 Å². The van der Waals surface area contributed by atoms with Crippen molar-refractivity contribution in [3.05, 3.63) is 35.4 Å². The Bertz CT molecular complexity index is 491. The normalized spacial score (nSPS) is 23.7. The molecule has 1 aliphatic rings. The van der Waals surface area contributed by atoms with Crippen LogP contribution in [0, 0.1) is 0 Å². The lowest BCUT2D eigenvalue weighted by atomic mass is 9.95. The largest absolute Gasteiger partial charge is 0.345 e. The molecule has 0 aromatic heterocycles. The van der Waals surface area contributed by atoms with E-state index in [1.807, 2.05) is 13.8 Å². The number of rotatable bonds is 10. The molecule has 1 aliphatic heterocycles. The first-order valence-corrected chi connectivity index (χ1v) is 10.4. The monoisotopic (exact) mass is 346 g/mol. The van der Waals surface area contributed by atoms with E-state index in [1.165, 1.54) is 49.7 Å². The first kappa shape index (κ1) is 20.5. The zero-order valence-corrected chi connectivity index (χ0v) is 17.0. The molecule has 2 rings (SSSR count). The molecule has 0 radical (unpaired) electrons. The van der Waals surface area contributed by atoms with Crippen LogP contribution in [0.3, 0.4) is 0 Å². The molecule has 1 heterocycles. The number of benzene rings is 1. The van der Waals surface area contributed by atoms with Gasteiger partial charge in [-0.2, -0.15) is 0 Å². The molecule has 0 bridgehead atoms. The van der Waals surface area contributed by atoms with Gasteiger partial charge >= 0.3 is 0 Å². The molecule has 3 unspecified atom stereocenters. The molecular weight excluding hydrogens is 308 g/mol. The van der Waals surface area contributed by atoms with E-state index in [0.29, 0.717) is 5.92 Å². The van der Waals surface area contributed by atoms with Gasteiger partial charge in [-0.15, -0.1) is 0 Å². The van der Waals surface area contributed by atoms with Crippen LogP contribution in [-0.2, 0) is 15.9 Å². The summed E-state index contributed by atoms with van der Waals surface area (Å²) in [6, 6.07) is 9.11. The minimum absolute atomic E-state index is 0.177. The summed E-state index contributed by atoms with van der Waals surface area (Å²) >= 11 is 0. The van der Waals surface area contributed by atoms with Gasteiger partial charge in [0.25, 0.3) is 0 Å². The van der Waals surface area contributed by atoms with Gasteiger partial charge < -0.3 is 9.47 Å². The summed E-state index contributed by atoms with van der Waals surface area (Å²) < 4.78 is 12.4. The summed E-state index contributed by atoms with van der Waals surface area (Å²) in [6.45, 7) is 10.9. The van der Waals surface area contributed by atoms with Crippen LogP contribution in [0.2, 0.25) is 0 Å². The van der Waals surface area contributed by atoms with E-state index < -0.39 is 5.79 Å². The summed E-state index contributed by atoms with van der Waals surface area (Å²) in [6.07, 6.45) is 10.2. The summed E-state index contributed by atoms with van der Waals surface area (Å²) in [4.78, 5) is 0. The summed E-state index contributed by atoms with van der Waals surface area (Å²) in [5.41, 5.74) is 2.79. The third-order valence-corrected chi connectivity index (χ3v) is 5.48. The van der Waals surface area contributed by atoms with Crippen molar-refractivity contribution in [2.24, 2.45) is 0 Å². The van der Waals surface area contributed by atoms with E-state index in [-0.39, 0.29) is 12.2 Å². The fraction of sp³-hybridized carbons (Fsp3) is 0.739. The average Bonchev–Trinajstić information content (AvgIpc) is 2.88. The highest BCUT2D eigenvalue weighted by molar-refractivity contribution is 5.25. The molecule has 142 valence electrons. The molecule has 3 atom stereocenters. The fourth-order valence-corrected chi connectivity index (χ4v) is 3.73. The molecular formula is C23H38O2. The maximum absolute atomic E-state index is 6.22. The van der Waals surface area contributed by atoms with Gasteiger partial charge in [-0.3, -0.25) is 0 Å². The molecule has 1 fully saturated rings. The van der Waals surface area contributed by atoms with E-state index in [1.54, 1.807) is 0 Å². The van der Waals surface area contributed by atoms with Crippen molar-refractivity contribution < 1.29 is 9.47 Å². The lowest BCUT2D eigenvalue weighted by Crippen LogP contribution is -2.25. The highest BCUT2D eigenvalue weighted by Crippen LogP contribution is 2.33. The van der Waals surface area contributed by atoms with Crippen molar-refractivity contribution in [3.63, 3.8) is 0 Å². The molecule has 1 aromatic carbocycles. The van der Waals surface area contributed by atoms with Gasteiger partial charge in [0, 0.05) is 6.42 Å². The first-order valence-electron chi connectivity index (χ1n) is 10.4. The second-order valence-electron chi connectivity index (χ2n) is 8.17. The van der Waals surface area contributed by atoms with Crippen LogP contribution in [0.25, 0.3) is 0 Å². The Morgan fingerprint density at radius 1 is 0.920 bits per heavy atom. The summed E-state index contributed by atoms with van der Waals surface area (Å²) in [7, 11) is 0. The summed E-state index contributed by atoms with van der Waals surface area (Å²) in [5, 5.41) is 0. The van der Waals surface area contributed by atoms with Crippen LogP contribution in [0.15, 0.2) is 24.3 Å². The van der Waals surface area contributed by atoms with Gasteiger partial charge in [0.15, 0.2) is 5.79 Å². The standard InChI is InChI=1S/C23H38O2/c1-6-8-9-10-11-12-21-22(25-23(4,5)24-21)17-19-13-15-20(16-14-19)18(3)7-2/h13-16,18,21-22H,6-12,17H2,1-5H3. The maximum Gasteiger partial charge on any atom is 0.163 e. The van der Waals surface area contributed by atoms with Gasteiger partial charge in [0.05, 0.1) is 12.2 Å². The van der Waals surface area contributed by atoms with E-state index in [2.05, 4.69) is 45.0 Å². The third-order valence-electron chi connectivity index (χ3n) is 5.48. The molecule has 0 aliphatic carbocycles. The molecule has 2 heteroatoms. The Kier molecular flexibility index (Phi) is 7.96. The van der Waals surface area contributed by atoms with E-state index >= 15 is 0 Å². The zero-order valence-electron chi connectivity index (χ0n) is 17.0. The molecule has 0 amide bonds. The number of hydrogen-bond donors (Lipinski definition) is 0. The molecule has 0 saturated carbocycles. The molecule has 1 aromatic rings. The van der Waals surface area contributed by atoms with Crippen molar-refractivity contribution in [1.82, 2.24) is 0 Å². The second kappa shape index (κ2) is 9.73. The van der Waals surface area contributed by atoms with Gasteiger partial charge in [0.2, 0.25) is 0 Å². The molecule has 2 nitrogen and oxygen atoms in total. The Morgan fingerprint density at radius 2 is 1.56 bits per heavy atom. The topological polar surface area (TPSA) is 18.5 Å². The Morgan fingerprint density at radius 3 is 2.20 bits per heavy atom. The van der Waals surface area contributed by atoms with Crippen LogP contribution < -0.4 is 0 Å². The third kappa shape index (κ3) is 6.42. The van der Waals surface area contributed by atoms with Crippen LogP contribution >= 0.6 is 0 Å². The predicted molar refractivity (Wildman–Crippen MR) is 106 cm³/mol. The van der Waals surface area contributed by atoms with Crippen molar-refractivity contribution in [2.45, 2.75) is 110 Å². The lowest BCUT2D eigenvalue weighted by molar-refractivity contribution is -0.146. The molecule has 25 heavy (non-hydrogen) atoms. The van der Waals surface area contributed by atoms with Gasteiger partial charge in [-0.05, 0) is 43.7 Å². The lowest BCUT2D eigenvalue weighted by Gasteiger charge is -2.17. The molecule has 1 saturated heterocycles. The molecule has 0 spiro atoms. The SMILES string of the molecule is CCCCCCCC1OC(C)(C)OC1Cc1ccc(C(C)CC)cc1. The fourth-order valence-electron chi connectivity index (χ4n) is 3.73. The minimum Gasteiger partial charge on any atom is -0.345 e. The van der Waals surface area contributed by atoms with Crippen LogP contribution in [0.4, 0.5) is 0 Å². The quantitative estimate of drug-likeness (QED) is 0.443. The highest BCUT2D eigenvalue weighted by Gasteiger charge is 2.40. The second-order valence-corrected chi connectivity index (χ2v) is 8.17. The van der Waals surface area contributed by atoms with Crippen molar-refractivity contribution in [3.8, 4) is 0 Å². The average molecular weight is 347 g/mol. The van der Waals surface area contributed by atoms with Crippen LogP contribution in [-0.4, -0.2) is 18.0 Å². The van der Waals surface area contributed by atoms with Crippen molar-refractivity contribution in [1.29, 1.82) is 0 Å². The Hall–Kier alpha value is -0.860. The van der Waals surface area contributed by atoms with Crippen molar-refractivity contribution in [2.75, 3.05) is 0 Å². The number of unbranched alkanes of at least 4 members (excludes halogenated alkanes) is 4. The van der Waals surface area contributed by atoms with Gasteiger partial charge in [0.1, 0.15) is 0 Å². The van der Waals surface area contributed by atoms with Crippen LogP contribution in [0.5, 0.6) is 0 Å². The number of hydrogen-bond acceptors (Lipinski definition) is 2. The maximum atomic E-state index is 6.22. The highest BCUT2D eigenvalue weighted by atomic mass is 16.7. The van der Waals surface area contributed by atoms with Gasteiger partial charge in [-0.1, -0.05) is 77.1 Å². The van der Waals surface area contributed by atoms with Crippen molar-refractivity contribution >= 4 is 0 Å². The first-order chi connectivity index (χ1) is 11.9. The predicted octanol–water partition coefficient (Wildman–Crippen LogP) is 6.62. The zero-order chi connectivity index (χ0) is 18.3. The van der Waals surface area contributed by atoms with E-state index in [9.17, 15) is 0 Å². The Labute approximate surface area is 155 Å². The van der Waals surface area contributed by atoms with E-state index in [0.717, 1.165) is 12.8 Å².